The molecule has 0 radical (unpaired) electrons. The summed E-state index contributed by atoms with van der Waals surface area (Å²) >= 11 is 0. The molecule has 2 aromatic rings. The first kappa shape index (κ1) is 12.0. The van der Waals surface area contributed by atoms with Crippen LogP contribution in [0.4, 0.5) is 4.79 Å². The fraction of sp³-hybridized carbons (Fsp3) is 0.429. The molecule has 1 aliphatic rings. The lowest BCUT2D eigenvalue weighted by atomic mass is 10.3. The minimum Gasteiger partial charge on any atom is -0.338 e. The number of fused-ring (bicyclic) bond motifs is 1. The summed E-state index contributed by atoms with van der Waals surface area (Å²) < 4.78 is 1.99. The van der Waals surface area contributed by atoms with E-state index in [1.165, 1.54) is 12.8 Å². The quantitative estimate of drug-likeness (QED) is 0.855. The van der Waals surface area contributed by atoms with Crippen LogP contribution in [0.15, 0.2) is 30.6 Å². The number of pyridine rings is 1. The van der Waals surface area contributed by atoms with Crippen LogP contribution in [0, 0.1) is 5.92 Å². The van der Waals surface area contributed by atoms with Crippen molar-refractivity contribution in [1.82, 2.24) is 20.0 Å². The fourth-order valence-corrected chi connectivity index (χ4v) is 2.03. The van der Waals surface area contributed by atoms with Crippen molar-refractivity contribution < 1.29 is 4.79 Å². The largest absolute Gasteiger partial charge is 0.338 e. The maximum Gasteiger partial charge on any atom is 0.314 e. The highest BCUT2D eigenvalue weighted by atomic mass is 16.2. The molecule has 0 unspecified atom stereocenters. The van der Waals surface area contributed by atoms with E-state index < -0.39 is 0 Å². The Kier molecular flexibility index (Phi) is 3.35. The van der Waals surface area contributed by atoms with Gasteiger partial charge in [0.25, 0.3) is 0 Å². The SMILES string of the molecule is O=C(NCCc1cn2ccccc2n1)NCC1CC1. The molecule has 0 spiro atoms. The van der Waals surface area contributed by atoms with Gasteiger partial charge in [-0.3, -0.25) is 0 Å². The summed E-state index contributed by atoms with van der Waals surface area (Å²) in [5.74, 6) is 0.712. The maximum atomic E-state index is 11.5. The summed E-state index contributed by atoms with van der Waals surface area (Å²) in [7, 11) is 0. The third-order valence-corrected chi connectivity index (χ3v) is 3.33. The van der Waals surface area contributed by atoms with Gasteiger partial charge in [0.15, 0.2) is 0 Å². The summed E-state index contributed by atoms with van der Waals surface area (Å²) in [6.07, 6.45) is 7.22. The van der Waals surface area contributed by atoms with Crippen LogP contribution < -0.4 is 10.6 Å². The minimum atomic E-state index is -0.0735. The number of imidazole rings is 1. The summed E-state index contributed by atoms with van der Waals surface area (Å²) in [5, 5.41) is 5.74. The minimum absolute atomic E-state index is 0.0735. The Hall–Kier alpha value is -2.04. The van der Waals surface area contributed by atoms with Crippen molar-refractivity contribution in [2.45, 2.75) is 19.3 Å². The van der Waals surface area contributed by atoms with Gasteiger partial charge in [0, 0.05) is 31.9 Å². The van der Waals surface area contributed by atoms with Gasteiger partial charge in [-0.05, 0) is 30.9 Å². The molecule has 2 amide bonds. The second-order valence-corrected chi connectivity index (χ2v) is 5.03. The van der Waals surface area contributed by atoms with Gasteiger partial charge in [0.1, 0.15) is 5.65 Å². The van der Waals surface area contributed by atoms with Gasteiger partial charge in [0.05, 0.1) is 5.69 Å². The van der Waals surface area contributed by atoms with Crippen LogP contribution in [-0.2, 0) is 6.42 Å². The number of nitrogens with one attached hydrogen (secondary N) is 2. The van der Waals surface area contributed by atoms with Crippen molar-refractivity contribution in [3.63, 3.8) is 0 Å². The standard InChI is InChI=1S/C14H18N4O/c19-14(16-9-11-4-5-11)15-7-6-12-10-18-8-2-1-3-13(18)17-12/h1-3,8,10-11H,4-7,9H2,(H2,15,16,19). The zero-order chi connectivity index (χ0) is 13.1. The Morgan fingerprint density at radius 3 is 3.05 bits per heavy atom. The highest BCUT2D eigenvalue weighted by Gasteiger charge is 2.21. The summed E-state index contributed by atoms with van der Waals surface area (Å²) in [5.41, 5.74) is 1.93. The van der Waals surface area contributed by atoms with E-state index in [-0.39, 0.29) is 6.03 Å². The molecule has 3 rings (SSSR count). The predicted molar refractivity (Wildman–Crippen MR) is 73.0 cm³/mol. The number of aromatic nitrogens is 2. The zero-order valence-corrected chi connectivity index (χ0v) is 10.8. The van der Waals surface area contributed by atoms with Gasteiger partial charge in [-0.1, -0.05) is 6.07 Å². The molecule has 1 aliphatic carbocycles. The molecule has 0 saturated heterocycles. The number of urea groups is 1. The fourth-order valence-electron chi connectivity index (χ4n) is 2.03. The van der Waals surface area contributed by atoms with Crippen molar-refractivity contribution >= 4 is 11.7 Å². The topological polar surface area (TPSA) is 58.4 Å². The van der Waals surface area contributed by atoms with Gasteiger partial charge >= 0.3 is 6.03 Å². The van der Waals surface area contributed by atoms with Crippen molar-refractivity contribution in [2.24, 2.45) is 5.92 Å². The molecule has 0 bridgehead atoms. The number of nitrogens with zero attached hydrogens (tertiary/aromatic N) is 2. The van der Waals surface area contributed by atoms with Crippen LogP contribution >= 0.6 is 0 Å². The van der Waals surface area contributed by atoms with Crippen molar-refractivity contribution in [3.05, 3.63) is 36.3 Å². The Morgan fingerprint density at radius 1 is 1.37 bits per heavy atom. The highest BCUT2D eigenvalue weighted by molar-refractivity contribution is 5.73. The molecule has 2 aromatic heterocycles. The average molecular weight is 258 g/mol. The van der Waals surface area contributed by atoms with E-state index in [9.17, 15) is 4.79 Å². The third kappa shape index (κ3) is 3.24. The zero-order valence-electron chi connectivity index (χ0n) is 10.8. The summed E-state index contributed by atoms with van der Waals surface area (Å²) in [4.78, 5) is 16.0. The van der Waals surface area contributed by atoms with Crippen LogP contribution in [0.5, 0.6) is 0 Å². The first-order valence-electron chi connectivity index (χ1n) is 6.75. The van der Waals surface area contributed by atoms with E-state index in [0.29, 0.717) is 12.5 Å². The number of rotatable bonds is 5. The van der Waals surface area contributed by atoms with Gasteiger partial charge in [-0.25, -0.2) is 9.78 Å². The Balaban J connectivity index is 1.44. The van der Waals surface area contributed by atoms with Crippen molar-refractivity contribution in [1.29, 1.82) is 0 Å². The number of hydrogen-bond donors (Lipinski definition) is 2. The highest BCUT2D eigenvalue weighted by Crippen LogP contribution is 2.27. The van der Waals surface area contributed by atoms with E-state index in [4.69, 9.17) is 0 Å². The van der Waals surface area contributed by atoms with Crippen LogP contribution in [0.2, 0.25) is 0 Å². The van der Waals surface area contributed by atoms with Crippen LogP contribution in [0.25, 0.3) is 5.65 Å². The number of carbonyl (C=O) groups excluding carboxylic acids is 1. The number of carbonyl (C=O) groups is 1. The van der Waals surface area contributed by atoms with Crippen LogP contribution in [0.3, 0.4) is 0 Å². The van der Waals surface area contributed by atoms with Gasteiger partial charge in [-0.2, -0.15) is 0 Å². The van der Waals surface area contributed by atoms with Crippen LogP contribution in [-0.4, -0.2) is 28.5 Å². The second-order valence-electron chi connectivity index (χ2n) is 5.03. The van der Waals surface area contributed by atoms with E-state index in [1.807, 2.05) is 35.0 Å². The molecule has 0 aliphatic heterocycles. The van der Waals surface area contributed by atoms with Crippen molar-refractivity contribution in [2.75, 3.05) is 13.1 Å². The Labute approximate surface area is 112 Å². The molecular weight excluding hydrogens is 240 g/mol. The molecule has 0 aromatic carbocycles. The first-order valence-corrected chi connectivity index (χ1v) is 6.75. The lowest BCUT2D eigenvalue weighted by molar-refractivity contribution is 0.240. The molecule has 0 atom stereocenters. The normalized spacial score (nSPS) is 14.5. The monoisotopic (exact) mass is 258 g/mol. The molecule has 1 fully saturated rings. The Morgan fingerprint density at radius 2 is 2.26 bits per heavy atom. The van der Waals surface area contributed by atoms with E-state index in [1.54, 1.807) is 0 Å². The van der Waals surface area contributed by atoms with Gasteiger partial charge < -0.3 is 15.0 Å². The summed E-state index contributed by atoms with van der Waals surface area (Å²) in [6.45, 7) is 1.42. The lowest BCUT2D eigenvalue weighted by Gasteiger charge is -2.05. The third-order valence-electron chi connectivity index (χ3n) is 3.33. The Bertz CT molecular complexity index is 541. The molecule has 19 heavy (non-hydrogen) atoms. The summed E-state index contributed by atoms with van der Waals surface area (Å²) in [6, 6.07) is 5.84. The molecular formula is C14H18N4O. The van der Waals surface area contributed by atoms with Crippen molar-refractivity contribution in [3.8, 4) is 0 Å². The van der Waals surface area contributed by atoms with E-state index >= 15 is 0 Å². The maximum absolute atomic E-state index is 11.5. The first-order chi connectivity index (χ1) is 9.31. The molecule has 2 heterocycles. The lowest BCUT2D eigenvalue weighted by Crippen LogP contribution is -2.37. The van der Waals surface area contributed by atoms with Gasteiger partial charge in [0.2, 0.25) is 0 Å². The molecule has 2 N–H and O–H groups in total. The number of amides is 2. The molecule has 5 nitrogen and oxygen atoms in total. The smallest absolute Gasteiger partial charge is 0.314 e. The molecule has 5 heteroatoms. The van der Waals surface area contributed by atoms with Gasteiger partial charge in [-0.15, -0.1) is 0 Å². The second kappa shape index (κ2) is 5.30. The molecule has 1 saturated carbocycles. The predicted octanol–water partition coefficient (Wildman–Crippen LogP) is 1.59. The number of hydrogen-bond acceptors (Lipinski definition) is 2. The van der Waals surface area contributed by atoms with Crippen LogP contribution in [0.1, 0.15) is 18.5 Å². The van der Waals surface area contributed by atoms with E-state index in [0.717, 1.165) is 24.3 Å². The molecule has 100 valence electrons. The average Bonchev–Trinajstić information content (AvgIpc) is 3.15. The van der Waals surface area contributed by atoms with E-state index in [2.05, 4.69) is 15.6 Å².